The Bertz CT molecular complexity index is 712. The molecule has 0 aromatic heterocycles. The van der Waals surface area contributed by atoms with Crippen molar-refractivity contribution >= 4 is 18.0 Å². The fraction of sp³-hybridized carbons (Fsp3) is 0.167. The second-order valence-electron chi connectivity index (χ2n) is 5.27. The van der Waals surface area contributed by atoms with E-state index in [1.807, 2.05) is 30.3 Å². The molecule has 2 aromatic rings. The molecule has 3 N–H and O–H groups in total. The number of hydrogen-bond acceptors (Lipinski definition) is 4. The molecule has 1 atom stereocenters. The van der Waals surface area contributed by atoms with Crippen molar-refractivity contribution in [1.29, 1.82) is 0 Å². The molecule has 1 unspecified atom stereocenters. The predicted octanol–water partition coefficient (Wildman–Crippen LogP) is 1.59. The first-order valence-electron chi connectivity index (χ1n) is 7.47. The molecule has 0 fully saturated rings. The summed E-state index contributed by atoms with van der Waals surface area (Å²) in [5.41, 5.74) is 4.10. The second kappa shape index (κ2) is 8.47. The number of carbonyl (C=O) groups excluding carboxylic acids is 2. The van der Waals surface area contributed by atoms with E-state index >= 15 is 0 Å². The van der Waals surface area contributed by atoms with Crippen molar-refractivity contribution in [3.63, 3.8) is 0 Å². The highest BCUT2D eigenvalue weighted by atomic mass is 16.3. The molecule has 2 amide bonds. The highest BCUT2D eigenvalue weighted by Crippen LogP contribution is 2.11. The van der Waals surface area contributed by atoms with E-state index in [1.165, 1.54) is 25.3 Å². The smallest absolute Gasteiger partial charge is 0.262 e. The van der Waals surface area contributed by atoms with Crippen molar-refractivity contribution in [2.75, 3.05) is 0 Å². The Labute approximate surface area is 140 Å². The molecule has 0 aliphatic rings. The van der Waals surface area contributed by atoms with Crippen LogP contribution in [0.15, 0.2) is 59.7 Å². The molecule has 0 aliphatic carbocycles. The van der Waals surface area contributed by atoms with E-state index in [2.05, 4.69) is 15.8 Å². The van der Waals surface area contributed by atoms with Crippen molar-refractivity contribution in [2.45, 2.75) is 19.4 Å². The topological polar surface area (TPSA) is 90.8 Å². The molecule has 0 radical (unpaired) electrons. The number of hydrazone groups is 1. The number of phenols is 1. The van der Waals surface area contributed by atoms with Gasteiger partial charge in [0.1, 0.15) is 11.8 Å². The third-order valence-corrected chi connectivity index (χ3v) is 3.26. The number of nitrogens with zero attached hydrogens (tertiary/aromatic N) is 1. The van der Waals surface area contributed by atoms with E-state index < -0.39 is 11.9 Å². The van der Waals surface area contributed by atoms with Crippen LogP contribution in [0.4, 0.5) is 0 Å². The molecule has 2 aromatic carbocycles. The minimum absolute atomic E-state index is 0.145. The van der Waals surface area contributed by atoms with Crippen molar-refractivity contribution < 1.29 is 14.7 Å². The fourth-order valence-corrected chi connectivity index (χ4v) is 2.11. The molecular weight excluding hydrogens is 306 g/mol. The van der Waals surface area contributed by atoms with Crippen LogP contribution in [0.25, 0.3) is 0 Å². The summed E-state index contributed by atoms with van der Waals surface area (Å²) in [7, 11) is 0. The molecule has 6 heteroatoms. The van der Waals surface area contributed by atoms with Crippen molar-refractivity contribution in [3.8, 4) is 5.75 Å². The summed E-state index contributed by atoms with van der Waals surface area (Å²) < 4.78 is 0. The quantitative estimate of drug-likeness (QED) is 0.556. The third kappa shape index (κ3) is 5.57. The summed E-state index contributed by atoms with van der Waals surface area (Å²) in [6.45, 7) is 1.35. The maximum Gasteiger partial charge on any atom is 0.262 e. The molecule has 0 saturated heterocycles. The third-order valence-electron chi connectivity index (χ3n) is 3.26. The molecule has 0 heterocycles. The lowest BCUT2D eigenvalue weighted by Gasteiger charge is -2.16. The van der Waals surface area contributed by atoms with Crippen LogP contribution in [0.2, 0.25) is 0 Å². The first kappa shape index (κ1) is 17.2. The van der Waals surface area contributed by atoms with Gasteiger partial charge in [-0.1, -0.05) is 42.5 Å². The average molecular weight is 325 g/mol. The Balaban J connectivity index is 2.00. The first-order valence-corrected chi connectivity index (χ1v) is 7.47. The maximum atomic E-state index is 12.3. The van der Waals surface area contributed by atoms with Gasteiger partial charge in [0, 0.05) is 13.3 Å². The lowest BCUT2D eigenvalue weighted by molar-refractivity contribution is -0.128. The van der Waals surface area contributed by atoms with E-state index in [4.69, 9.17) is 0 Å². The molecule has 124 valence electrons. The highest BCUT2D eigenvalue weighted by molar-refractivity contribution is 5.88. The molecule has 0 bridgehead atoms. The van der Waals surface area contributed by atoms with Gasteiger partial charge in [-0.25, -0.2) is 5.43 Å². The van der Waals surface area contributed by atoms with E-state index in [0.717, 1.165) is 11.1 Å². The van der Waals surface area contributed by atoms with Gasteiger partial charge in [-0.2, -0.15) is 5.10 Å². The number of nitrogens with one attached hydrogen (secondary N) is 2. The van der Waals surface area contributed by atoms with Crippen LogP contribution in [0.5, 0.6) is 5.75 Å². The van der Waals surface area contributed by atoms with Crippen LogP contribution < -0.4 is 10.7 Å². The molecular formula is C18H19N3O3. The van der Waals surface area contributed by atoms with E-state index in [1.54, 1.807) is 12.1 Å². The Morgan fingerprint density at radius 3 is 2.42 bits per heavy atom. The van der Waals surface area contributed by atoms with Crippen molar-refractivity contribution in [2.24, 2.45) is 5.10 Å². The Morgan fingerprint density at radius 1 is 1.12 bits per heavy atom. The zero-order valence-corrected chi connectivity index (χ0v) is 13.3. The van der Waals surface area contributed by atoms with Crippen molar-refractivity contribution in [1.82, 2.24) is 10.7 Å². The van der Waals surface area contributed by atoms with Gasteiger partial charge in [-0.3, -0.25) is 9.59 Å². The SMILES string of the molecule is CC(=O)NC(Cc1ccc(O)cc1)C(=O)N/N=C/c1ccccc1. The van der Waals surface area contributed by atoms with Crippen LogP contribution in [-0.2, 0) is 16.0 Å². The predicted molar refractivity (Wildman–Crippen MR) is 91.6 cm³/mol. The Kier molecular flexibility index (Phi) is 6.08. The van der Waals surface area contributed by atoms with Gasteiger partial charge < -0.3 is 10.4 Å². The summed E-state index contributed by atoms with van der Waals surface area (Å²) in [6.07, 6.45) is 1.83. The summed E-state index contributed by atoms with van der Waals surface area (Å²) in [5, 5.41) is 15.8. The number of aromatic hydroxyl groups is 1. The zero-order chi connectivity index (χ0) is 17.4. The van der Waals surface area contributed by atoms with Gasteiger partial charge in [0.2, 0.25) is 5.91 Å². The molecule has 24 heavy (non-hydrogen) atoms. The van der Waals surface area contributed by atoms with E-state index in [9.17, 15) is 14.7 Å². The van der Waals surface area contributed by atoms with Gasteiger partial charge in [0.15, 0.2) is 0 Å². The highest BCUT2D eigenvalue weighted by Gasteiger charge is 2.19. The maximum absolute atomic E-state index is 12.3. The number of phenolic OH excluding ortho intramolecular Hbond substituents is 1. The fourth-order valence-electron chi connectivity index (χ4n) is 2.11. The normalized spacial score (nSPS) is 11.9. The Morgan fingerprint density at radius 2 is 1.79 bits per heavy atom. The van der Waals surface area contributed by atoms with Crippen molar-refractivity contribution in [3.05, 3.63) is 65.7 Å². The Hall–Kier alpha value is -3.15. The van der Waals surface area contributed by atoms with Gasteiger partial charge in [-0.05, 0) is 23.3 Å². The van der Waals surface area contributed by atoms with Gasteiger partial charge in [-0.15, -0.1) is 0 Å². The number of rotatable bonds is 6. The molecule has 0 spiro atoms. The van der Waals surface area contributed by atoms with Crippen LogP contribution in [0, 0.1) is 0 Å². The zero-order valence-electron chi connectivity index (χ0n) is 13.3. The lowest BCUT2D eigenvalue weighted by atomic mass is 10.1. The van der Waals surface area contributed by atoms with Gasteiger partial charge in [0.05, 0.1) is 6.21 Å². The standard InChI is InChI=1S/C18H19N3O3/c1-13(22)20-17(11-14-7-9-16(23)10-8-14)18(24)21-19-12-15-5-3-2-4-6-15/h2-10,12,17,23H,11H2,1H3,(H,20,22)(H,21,24)/b19-12+. The summed E-state index contributed by atoms with van der Waals surface area (Å²) in [6, 6.07) is 15.1. The van der Waals surface area contributed by atoms with Crippen LogP contribution in [0.3, 0.4) is 0 Å². The monoisotopic (exact) mass is 325 g/mol. The van der Waals surface area contributed by atoms with E-state index in [0.29, 0.717) is 6.42 Å². The summed E-state index contributed by atoms with van der Waals surface area (Å²) >= 11 is 0. The number of amides is 2. The van der Waals surface area contributed by atoms with Crippen LogP contribution in [0.1, 0.15) is 18.1 Å². The van der Waals surface area contributed by atoms with Crippen LogP contribution in [-0.4, -0.2) is 29.2 Å². The second-order valence-corrected chi connectivity index (χ2v) is 5.27. The minimum Gasteiger partial charge on any atom is -0.508 e. The molecule has 2 rings (SSSR count). The number of hydrogen-bond donors (Lipinski definition) is 3. The summed E-state index contributed by atoms with van der Waals surface area (Å²) in [5.74, 6) is -0.571. The largest absolute Gasteiger partial charge is 0.508 e. The first-order chi connectivity index (χ1) is 11.5. The average Bonchev–Trinajstić information content (AvgIpc) is 2.57. The minimum atomic E-state index is -0.750. The summed E-state index contributed by atoms with van der Waals surface area (Å²) in [4.78, 5) is 23.6. The number of benzene rings is 2. The molecule has 0 aliphatic heterocycles. The van der Waals surface area contributed by atoms with E-state index in [-0.39, 0.29) is 11.7 Å². The lowest BCUT2D eigenvalue weighted by Crippen LogP contribution is -2.46. The molecule has 0 saturated carbocycles. The number of carbonyl (C=O) groups is 2. The van der Waals surface area contributed by atoms with Gasteiger partial charge in [0.25, 0.3) is 5.91 Å². The van der Waals surface area contributed by atoms with Crippen LogP contribution >= 0.6 is 0 Å². The van der Waals surface area contributed by atoms with Gasteiger partial charge >= 0.3 is 0 Å². The molecule has 6 nitrogen and oxygen atoms in total.